The van der Waals surface area contributed by atoms with Gasteiger partial charge < -0.3 is 16.0 Å². The highest BCUT2D eigenvalue weighted by molar-refractivity contribution is 5.94. The van der Waals surface area contributed by atoms with Gasteiger partial charge in [0.05, 0.1) is 11.5 Å². The van der Waals surface area contributed by atoms with Crippen molar-refractivity contribution < 1.29 is 14.5 Å². The van der Waals surface area contributed by atoms with Crippen molar-refractivity contribution in [2.75, 3.05) is 24.5 Å². The highest BCUT2D eigenvalue weighted by Crippen LogP contribution is 2.29. The minimum absolute atomic E-state index is 0.00109. The van der Waals surface area contributed by atoms with Crippen molar-refractivity contribution in [3.8, 4) is 0 Å². The lowest BCUT2D eigenvalue weighted by Gasteiger charge is -2.22. The Morgan fingerprint density at radius 1 is 1.38 bits per heavy atom. The van der Waals surface area contributed by atoms with E-state index in [1.165, 1.54) is 12.1 Å². The topological polar surface area (TPSA) is 119 Å². The second-order valence-electron chi connectivity index (χ2n) is 4.29. The molecule has 8 nitrogen and oxygen atoms in total. The Labute approximate surface area is 122 Å². The summed E-state index contributed by atoms with van der Waals surface area (Å²) >= 11 is 0. The van der Waals surface area contributed by atoms with E-state index >= 15 is 0 Å². The maximum Gasteiger partial charge on any atom is 0.293 e. The summed E-state index contributed by atoms with van der Waals surface area (Å²) in [6.07, 6.45) is 0. The third kappa shape index (κ3) is 4.16. The predicted molar refractivity (Wildman–Crippen MR) is 78.2 cm³/mol. The molecule has 0 fully saturated rings. The first-order valence-electron chi connectivity index (χ1n) is 6.50. The molecule has 0 spiro atoms. The fourth-order valence-electron chi connectivity index (χ4n) is 1.88. The van der Waals surface area contributed by atoms with Crippen molar-refractivity contribution in [1.29, 1.82) is 0 Å². The zero-order valence-electron chi connectivity index (χ0n) is 12.0. The number of nitro benzene ring substituents is 1. The maximum atomic E-state index is 11.6. The second-order valence-corrected chi connectivity index (χ2v) is 4.29. The van der Waals surface area contributed by atoms with Gasteiger partial charge in [0, 0.05) is 24.7 Å². The molecule has 0 saturated carbocycles. The van der Waals surface area contributed by atoms with Gasteiger partial charge >= 0.3 is 0 Å². The first-order chi connectivity index (χ1) is 9.90. The van der Waals surface area contributed by atoms with Crippen molar-refractivity contribution in [2.45, 2.75) is 13.8 Å². The Kier molecular flexibility index (Phi) is 5.65. The van der Waals surface area contributed by atoms with Gasteiger partial charge in [-0.3, -0.25) is 19.7 Å². The average molecular weight is 294 g/mol. The zero-order valence-corrected chi connectivity index (χ0v) is 12.0. The number of hydrogen-bond donors (Lipinski definition) is 2. The number of rotatable bonds is 7. The Hall–Kier alpha value is -2.64. The number of carbonyl (C=O) groups is 2. The van der Waals surface area contributed by atoms with Gasteiger partial charge in [0.1, 0.15) is 5.69 Å². The van der Waals surface area contributed by atoms with Crippen LogP contribution in [0.2, 0.25) is 0 Å². The fourth-order valence-corrected chi connectivity index (χ4v) is 1.88. The van der Waals surface area contributed by atoms with Crippen LogP contribution in [0.1, 0.15) is 24.2 Å². The third-order valence-corrected chi connectivity index (χ3v) is 2.89. The molecule has 1 aromatic rings. The fraction of sp³-hybridized carbons (Fsp3) is 0.385. The van der Waals surface area contributed by atoms with E-state index in [9.17, 15) is 19.7 Å². The van der Waals surface area contributed by atoms with E-state index in [4.69, 9.17) is 5.73 Å². The monoisotopic (exact) mass is 294 g/mol. The number of likely N-dealkylation sites (N-methyl/N-ethyl adjacent to an activating group) is 2. The van der Waals surface area contributed by atoms with Crippen LogP contribution in [0.25, 0.3) is 0 Å². The van der Waals surface area contributed by atoms with Gasteiger partial charge in [0.25, 0.3) is 5.69 Å². The number of nitro groups is 1. The van der Waals surface area contributed by atoms with Gasteiger partial charge in [-0.25, -0.2) is 0 Å². The van der Waals surface area contributed by atoms with Crippen LogP contribution in [-0.2, 0) is 4.79 Å². The molecule has 0 heterocycles. The Balaban J connectivity index is 3.16. The molecule has 0 aliphatic carbocycles. The van der Waals surface area contributed by atoms with E-state index in [2.05, 4.69) is 5.32 Å². The van der Waals surface area contributed by atoms with Crippen LogP contribution in [0.4, 0.5) is 11.4 Å². The molecular formula is C13H18N4O4. The summed E-state index contributed by atoms with van der Waals surface area (Å²) in [6.45, 7) is 4.47. The van der Waals surface area contributed by atoms with Crippen LogP contribution in [0.15, 0.2) is 18.2 Å². The molecule has 0 aromatic heterocycles. The highest BCUT2D eigenvalue weighted by Gasteiger charge is 2.21. The molecule has 0 unspecified atom stereocenters. The SMILES string of the molecule is CCNC(=O)CN(CC)c1ccc(C(N)=O)cc1[N+](=O)[O-]. The van der Waals surface area contributed by atoms with Crippen LogP contribution in [0.5, 0.6) is 0 Å². The van der Waals surface area contributed by atoms with Gasteiger partial charge in [-0.2, -0.15) is 0 Å². The second kappa shape index (κ2) is 7.22. The van der Waals surface area contributed by atoms with E-state index in [-0.39, 0.29) is 29.4 Å². The van der Waals surface area contributed by atoms with Crippen LogP contribution >= 0.6 is 0 Å². The summed E-state index contributed by atoms with van der Waals surface area (Å²) in [4.78, 5) is 34.9. The van der Waals surface area contributed by atoms with E-state index < -0.39 is 10.8 Å². The number of hydrogen-bond acceptors (Lipinski definition) is 5. The number of nitrogens with one attached hydrogen (secondary N) is 1. The average Bonchev–Trinajstić information content (AvgIpc) is 2.44. The number of nitrogens with two attached hydrogens (primary N) is 1. The number of carbonyl (C=O) groups excluding carboxylic acids is 2. The number of anilines is 1. The van der Waals surface area contributed by atoms with E-state index in [1.807, 2.05) is 0 Å². The molecule has 1 aromatic carbocycles. The Bertz CT molecular complexity index is 559. The molecule has 0 saturated heterocycles. The molecule has 0 atom stereocenters. The normalized spacial score (nSPS) is 10.0. The number of primary amides is 1. The van der Waals surface area contributed by atoms with Gasteiger partial charge in [0.15, 0.2) is 0 Å². The first kappa shape index (κ1) is 16.4. The summed E-state index contributed by atoms with van der Waals surface area (Å²) in [5, 5.41) is 13.8. The maximum absolute atomic E-state index is 11.6. The summed E-state index contributed by atoms with van der Waals surface area (Å²) in [7, 11) is 0. The highest BCUT2D eigenvalue weighted by atomic mass is 16.6. The molecular weight excluding hydrogens is 276 g/mol. The van der Waals surface area contributed by atoms with Crippen LogP contribution in [-0.4, -0.2) is 36.4 Å². The van der Waals surface area contributed by atoms with E-state index in [1.54, 1.807) is 18.7 Å². The molecule has 21 heavy (non-hydrogen) atoms. The first-order valence-corrected chi connectivity index (χ1v) is 6.50. The van der Waals surface area contributed by atoms with Gasteiger partial charge in [-0.15, -0.1) is 0 Å². The summed E-state index contributed by atoms with van der Waals surface area (Å²) in [5.41, 5.74) is 5.20. The lowest BCUT2D eigenvalue weighted by Crippen LogP contribution is -2.37. The van der Waals surface area contributed by atoms with Gasteiger partial charge in [0.2, 0.25) is 11.8 Å². The molecule has 3 N–H and O–H groups in total. The van der Waals surface area contributed by atoms with Crippen LogP contribution in [0.3, 0.4) is 0 Å². The lowest BCUT2D eigenvalue weighted by molar-refractivity contribution is -0.384. The van der Waals surface area contributed by atoms with Crippen molar-refractivity contribution in [2.24, 2.45) is 5.73 Å². The number of nitrogens with zero attached hydrogens (tertiary/aromatic N) is 2. The molecule has 8 heteroatoms. The van der Waals surface area contributed by atoms with Gasteiger partial charge in [-0.1, -0.05) is 0 Å². The Morgan fingerprint density at radius 3 is 2.52 bits per heavy atom. The molecule has 0 aliphatic heterocycles. The van der Waals surface area contributed by atoms with E-state index in [0.29, 0.717) is 13.1 Å². The molecule has 0 radical (unpaired) electrons. The Morgan fingerprint density at radius 2 is 2.05 bits per heavy atom. The summed E-state index contributed by atoms with van der Waals surface area (Å²) < 4.78 is 0. The molecule has 0 bridgehead atoms. The number of amides is 2. The lowest BCUT2D eigenvalue weighted by atomic mass is 10.1. The minimum atomic E-state index is -0.739. The third-order valence-electron chi connectivity index (χ3n) is 2.89. The quantitative estimate of drug-likeness (QED) is 0.565. The van der Waals surface area contributed by atoms with Crippen LogP contribution < -0.4 is 16.0 Å². The van der Waals surface area contributed by atoms with Crippen LogP contribution in [0, 0.1) is 10.1 Å². The molecule has 2 amide bonds. The van der Waals surface area contributed by atoms with Gasteiger partial charge in [-0.05, 0) is 26.0 Å². The standard InChI is InChI=1S/C13H18N4O4/c1-3-15-12(18)8-16(4-2)10-6-5-9(13(14)19)7-11(10)17(20)21/h5-7H,3-4,8H2,1-2H3,(H2,14,19)(H,15,18). The smallest absolute Gasteiger partial charge is 0.293 e. The van der Waals surface area contributed by atoms with Crippen molar-refractivity contribution >= 4 is 23.2 Å². The largest absolute Gasteiger partial charge is 0.366 e. The molecule has 114 valence electrons. The summed E-state index contributed by atoms with van der Waals surface area (Å²) in [5.74, 6) is -0.968. The van der Waals surface area contributed by atoms with Crippen molar-refractivity contribution in [3.63, 3.8) is 0 Å². The van der Waals surface area contributed by atoms with Crippen molar-refractivity contribution in [3.05, 3.63) is 33.9 Å². The predicted octanol–water partition coefficient (Wildman–Crippen LogP) is 0.656. The minimum Gasteiger partial charge on any atom is -0.366 e. The van der Waals surface area contributed by atoms with E-state index in [0.717, 1.165) is 6.07 Å². The molecule has 0 aliphatic rings. The van der Waals surface area contributed by atoms with Crippen molar-refractivity contribution in [1.82, 2.24) is 5.32 Å². The zero-order chi connectivity index (χ0) is 16.0. The number of benzene rings is 1. The summed E-state index contributed by atoms with van der Waals surface area (Å²) in [6, 6.07) is 3.96. The molecule has 1 rings (SSSR count).